The van der Waals surface area contributed by atoms with Crippen molar-refractivity contribution in [2.24, 2.45) is 0 Å². The van der Waals surface area contributed by atoms with Gasteiger partial charge in [-0.2, -0.15) is 0 Å². The van der Waals surface area contributed by atoms with E-state index in [9.17, 15) is 14.9 Å². The van der Waals surface area contributed by atoms with Gasteiger partial charge in [0.25, 0.3) is 5.69 Å². The van der Waals surface area contributed by atoms with Crippen LogP contribution in [0.5, 0.6) is 0 Å². The maximum Gasteiger partial charge on any atom is 0.276 e. The van der Waals surface area contributed by atoms with Crippen LogP contribution in [-0.4, -0.2) is 10.7 Å². The molecule has 0 aliphatic carbocycles. The summed E-state index contributed by atoms with van der Waals surface area (Å²) in [4.78, 5) is 22.8. The second kappa shape index (κ2) is 5.83. The fourth-order valence-corrected chi connectivity index (χ4v) is 2.49. The first-order chi connectivity index (χ1) is 9.54. The molecule has 0 fully saturated rings. The van der Waals surface area contributed by atoms with Crippen LogP contribution < -0.4 is 5.73 Å². The molecule has 0 bridgehead atoms. The number of hydrogen-bond donors (Lipinski definition) is 1. The van der Waals surface area contributed by atoms with Gasteiger partial charge in [0.2, 0.25) is 0 Å². The summed E-state index contributed by atoms with van der Waals surface area (Å²) in [6, 6.07) is 11.3. The first kappa shape index (κ1) is 14.2. The number of carbonyl (C=O) groups is 1. The van der Waals surface area contributed by atoms with Gasteiger partial charge in [0.15, 0.2) is 5.78 Å². The van der Waals surface area contributed by atoms with E-state index >= 15 is 0 Å². The molecule has 0 spiro atoms. The van der Waals surface area contributed by atoms with E-state index in [1.165, 1.54) is 12.1 Å². The first-order valence-corrected chi connectivity index (χ1v) is 6.89. The second-order valence-corrected chi connectivity index (χ2v) is 4.71. The maximum absolute atomic E-state index is 12.3. The van der Waals surface area contributed by atoms with Crippen molar-refractivity contribution in [1.29, 1.82) is 0 Å². The highest BCUT2D eigenvalue weighted by Crippen LogP contribution is 2.29. The summed E-state index contributed by atoms with van der Waals surface area (Å²) < 4.78 is 0. The van der Waals surface area contributed by atoms with E-state index in [0.717, 1.165) is 0 Å². The molecule has 0 saturated heterocycles. The molecular weight excluding hydrogens is 324 g/mol. The van der Waals surface area contributed by atoms with Gasteiger partial charge in [0.05, 0.1) is 10.5 Å². The van der Waals surface area contributed by atoms with Crippen LogP contribution in [0.3, 0.4) is 0 Å². The summed E-state index contributed by atoms with van der Waals surface area (Å²) in [5.41, 5.74) is 6.93. The molecule has 0 aliphatic heterocycles. The Balaban J connectivity index is 2.54. The predicted molar refractivity (Wildman–Crippen MR) is 80.0 cm³/mol. The van der Waals surface area contributed by atoms with Crippen molar-refractivity contribution in [3.63, 3.8) is 0 Å². The molecular formula is C14H11BrN2O3. The molecule has 0 radical (unpaired) electrons. The molecule has 2 rings (SSSR count). The minimum Gasteiger partial charge on any atom is -0.398 e. The molecule has 2 aromatic rings. The van der Waals surface area contributed by atoms with Gasteiger partial charge in [-0.3, -0.25) is 14.9 Å². The molecule has 2 N–H and O–H groups in total. The highest BCUT2D eigenvalue weighted by atomic mass is 79.9. The zero-order valence-corrected chi connectivity index (χ0v) is 12.0. The minimum atomic E-state index is -0.533. The normalized spacial score (nSPS) is 10.2. The van der Waals surface area contributed by atoms with Crippen molar-refractivity contribution >= 4 is 33.1 Å². The largest absolute Gasteiger partial charge is 0.398 e. The van der Waals surface area contributed by atoms with Gasteiger partial charge >= 0.3 is 0 Å². The van der Waals surface area contributed by atoms with Crippen molar-refractivity contribution in [3.8, 4) is 0 Å². The second-order valence-electron chi connectivity index (χ2n) is 4.15. The van der Waals surface area contributed by atoms with E-state index in [-0.39, 0.29) is 28.1 Å². The Morgan fingerprint density at radius 1 is 1.20 bits per heavy atom. The average molecular weight is 335 g/mol. The summed E-state index contributed by atoms with van der Waals surface area (Å²) in [5.74, 6) is -0.290. The number of anilines is 1. The average Bonchev–Trinajstić information content (AvgIpc) is 2.46. The number of nitro benzene ring substituents is 1. The predicted octanol–water partition coefficient (Wildman–Crippen LogP) is 3.30. The molecule has 6 heteroatoms. The van der Waals surface area contributed by atoms with Crippen molar-refractivity contribution in [2.75, 3.05) is 5.73 Å². The Morgan fingerprint density at radius 3 is 2.40 bits per heavy atom. The highest BCUT2D eigenvalue weighted by molar-refractivity contribution is 9.08. The number of carbonyl (C=O) groups excluding carboxylic acids is 1. The summed E-state index contributed by atoms with van der Waals surface area (Å²) in [5, 5.41) is 11.3. The van der Waals surface area contributed by atoms with Crippen molar-refractivity contribution < 1.29 is 9.72 Å². The molecule has 102 valence electrons. The van der Waals surface area contributed by atoms with Crippen molar-refractivity contribution in [2.45, 2.75) is 5.33 Å². The molecule has 0 aromatic heterocycles. The quantitative estimate of drug-likeness (QED) is 0.305. The van der Waals surface area contributed by atoms with Gasteiger partial charge in [-0.05, 0) is 6.07 Å². The molecule has 0 heterocycles. The Morgan fingerprint density at radius 2 is 1.85 bits per heavy atom. The van der Waals surface area contributed by atoms with E-state index in [1.54, 1.807) is 30.3 Å². The molecule has 5 nitrogen and oxygen atoms in total. The molecule has 2 aromatic carbocycles. The Hall–Kier alpha value is -2.21. The lowest BCUT2D eigenvalue weighted by molar-refractivity contribution is -0.385. The van der Waals surface area contributed by atoms with Crippen LogP contribution in [-0.2, 0) is 5.33 Å². The van der Waals surface area contributed by atoms with Crippen molar-refractivity contribution in [1.82, 2.24) is 0 Å². The highest BCUT2D eigenvalue weighted by Gasteiger charge is 2.20. The van der Waals surface area contributed by atoms with Gasteiger partial charge in [0, 0.05) is 28.2 Å². The van der Waals surface area contributed by atoms with Crippen LogP contribution >= 0.6 is 15.9 Å². The van der Waals surface area contributed by atoms with Crippen LogP contribution in [0, 0.1) is 10.1 Å². The van der Waals surface area contributed by atoms with Crippen LogP contribution in [0.1, 0.15) is 21.5 Å². The Bertz CT molecular complexity index is 672. The van der Waals surface area contributed by atoms with Gasteiger partial charge < -0.3 is 5.73 Å². The molecule has 0 unspecified atom stereocenters. The van der Waals surface area contributed by atoms with E-state index in [2.05, 4.69) is 15.9 Å². The van der Waals surface area contributed by atoms with E-state index < -0.39 is 4.92 Å². The topological polar surface area (TPSA) is 86.2 Å². The third kappa shape index (κ3) is 2.70. The number of nitrogens with two attached hydrogens (primary N) is 1. The summed E-state index contributed by atoms with van der Waals surface area (Å²) >= 11 is 3.16. The van der Waals surface area contributed by atoms with E-state index in [4.69, 9.17) is 5.73 Å². The number of nitrogens with zero attached hydrogens (tertiary/aromatic N) is 1. The summed E-state index contributed by atoms with van der Waals surface area (Å²) in [6.45, 7) is 0. The number of hydrogen-bond acceptors (Lipinski definition) is 4. The third-order valence-corrected chi connectivity index (χ3v) is 3.45. The Labute approximate surface area is 123 Å². The van der Waals surface area contributed by atoms with Crippen LogP contribution in [0.4, 0.5) is 11.4 Å². The molecule has 0 amide bonds. The fourth-order valence-electron chi connectivity index (χ4n) is 1.87. The molecule has 20 heavy (non-hydrogen) atoms. The molecule has 0 atom stereocenters. The number of nitrogen functional groups attached to an aromatic ring is 1. The van der Waals surface area contributed by atoms with Crippen molar-refractivity contribution in [3.05, 3.63) is 69.3 Å². The number of rotatable bonds is 4. The van der Waals surface area contributed by atoms with Gasteiger partial charge in [0.1, 0.15) is 0 Å². The van der Waals surface area contributed by atoms with Gasteiger partial charge in [-0.15, -0.1) is 0 Å². The zero-order chi connectivity index (χ0) is 14.7. The minimum absolute atomic E-state index is 0.152. The van der Waals surface area contributed by atoms with Crippen LogP contribution in [0.15, 0.2) is 42.5 Å². The lowest BCUT2D eigenvalue weighted by Gasteiger charge is -2.07. The monoisotopic (exact) mass is 334 g/mol. The van der Waals surface area contributed by atoms with E-state index in [1.807, 2.05) is 0 Å². The number of alkyl halides is 1. The smallest absolute Gasteiger partial charge is 0.276 e. The zero-order valence-electron chi connectivity index (χ0n) is 10.4. The number of ketones is 1. The fraction of sp³-hybridized carbons (Fsp3) is 0.0714. The summed E-state index contributed by atoms with van der Waals surface area (Å²) in [7, 11) is 0. The standard InChI is InChI=1S/C14H11BrN2O3/c15-8-11-12(16)6-10(7-13(11)17(19)20)14(18)9-4-2-1-3-5-9/h1-7H,8,16H2. The molecule has 0 saturated carbocycles. The first-order valence-electron chi connectivity index (χ1n) is 5.77. The third-order valence-electron chi connectivity index (χ3n) is 2.89. The number of halogens is 1. The number of nitro groups is 1. The van der Waals surface area contributed by atoms with Gasteiger partial charge in [-0.25, -0.2) is 0 Å². The molecule has 0 aliphatic rings. The SMILES string of the molecule is Nc1cc(C(=O)c2ccccc2)cc([N+](=O)[O-])c1CBr. The Kier molecular flexibility index (Phi) is 4.14. The summed E-state index contributed by atoms with van der Waals surface area (Å²) in [6.07, 6.45) is 0. The lowest BCUT2D eigenvalue weighted by atomic mass is 10.00. The van der Waals surface area contributed by atoms with Gasteiger partial charge in [-0.1, -0.05) is 46.3 Å². The number of benzene rings is 2. The van der Waals surface area contributed by atoms with E-state index in [0.29, 0.717) is 11.1 Å². The van der Waals surface area contributed by atoms with Crippen LogP contribution in [0.25, 0.3) is 0 Å². The van der Waals surface area contributed by atoms with Crippen LogP contribution in [0.2, 0.25) is 0 Å². The lowest BCUT2D eigenvalue weighted by Crippen LogP contribution is -2.06. The maximum atomic E-state index is 12.3.